The fraction of sp³-hybridized carbons (Fsp3) is 0.300. The standard InChI is InChI=1S/C20H25P/c1-4-5-6-16-7-11-18(12-8-16)19-13-9-17(10-14-19)15-20(2,3)21/h4,7-14H,1,5-6,15,21H2,2-3H3. The first-order valence-corrected chi connectivity index (χ1v) is 8.14. The molecule has 0 aliphatic heterocycles. The van der Waals surface area contributed by atoms with Gasteiger partial charge in [-0.15, -0.1) is 15.8 Å². The molecule has 0 amide bonds. The smallest absolute Gasteiger partial charge is 0.0166 e. The third kappa shape index (κ3) is 5.14. The van der Waals surface area contributed by atoms with Crippen molar-refractivity contribution in [2.45, 2.75) is 38.3 Å². The molecule has 21 heavy (non-hydrogen) atoms. The SMILES string of the molecule is C=CCCc1ccc(-c2ccc(CC(C)(C)P)cc2)cc1. The van der Waals surface area contributed by atoms with Crippen molar-refractivity contribution in [3.63, 3.8) is 0 Å². The van der Waals surface area contributed by atoms with Gasteiger partial charge in [0, 0.05) is 0 Å². The number of hydrogen-bond acceptors (Lipinski definition) is 0. The lowest BCUT2D eigenvalue weighted by Crippen LogP contribution is -2.12. The number of benzene rings is 2. The maximum atomic E-state index is 3.77. The van der Waals surface area contributed by atoms with Crippen LogP contribution in [0.15, 0.2) is 61.2 Å². The van der Waals surface area contributed by atoms with E-state index in [1.165, 1.54) is 22.3 Å². The van der Waals surface area contributed by atoms with Crippen LogP contribution < -0.4 is 0 Å². The van der Waals surface area contributed by atoms with Gasteiger partial charge in [0.2, 0.25) is 0 Å². The molecular formula is C20H25P. The van der Waals surface area contributed by atoms with E-state index in [9.17, 15) is 0 Å². The summed E-state index contributed by atoms with van der Waals surface area (Å²) >= 11 is 0. The van der Waals surface area contributed by atoms with E-state index in [4.69, 9.17) is 0 Å². The molecule has 110 valence electrons. The zero-order valence-corrected chi connectivity index (χ0v) is 14.3. The van der Waals surface area contributed by atoms with Crippen LogP contribution in [0.1, 0.15) is 31.4 Å². The average molecular weight is 296 g/mol. The van der Waals surface area contributed by atoms with Crippen molar-refractivity contribution >= 4 is 9.24 Å². The Kier molecular flexibility index (Phi) is 5.37. The minimum Gasteiger partial charge on any atom is -0.131 e. The Morgan fingerprint density at radius 1 is 0.905 bits per heavy atom. The van der Waals surface area contributed by atoms with Crippen molar-refractivity contribution in [1.29, 1.82) is 0 Å². The zero-order chi connectivity index (χ0) is 15.3. The highest BCUT2D eigenvalue weighted by Crippen LogP contribution is 2.25. The molecule has 0 aliphatic carbocycles. The minimum absolute atomic E-state index is 0.258. The highest BCUT2D eigenvalue weighted by atomic mass is 31.0. The summed E-state index contributed by atoms with van der Waals surface area (Å²) in [5.41, 5.74) is 5.34. The molecule has 0 saturated heterocycles. The van der Waals surface area contributed by atoms with E-state index >= 15 is 0 Å². The summed E-state index contributed by atoms with van der Waals surface area (Å²) < 4.78 is 0. The number of aryl methyl sites for hydroxylation is 1. The van der Waals surface area contributed by atoms with Crippen molar-refractivity contribution in [3.8, 4) is 11.1 Å². The second kappa shape index (κ2) is 7.05. The largest absolute Gasteiger partial charge is 0.131 e. The lowest BCUT2D eigenvalue weighted by atomic mass is 9.97. The van der Waals surface area contributed by atoms with E-state index in [1.54, 1.807) is 0 Å². The quantitative estimate of drug-likeness (QED) is 0.476. The van der Waals surface area contributed by atoms with Gasteiger partial charge in [-0.2, -0.15) is 0 Å². The molecule has 0 aliphatic rings. The van der Waals surface area contributed by atoms with Crippen molar-refractivity contribution in [2.24, 2.45) is 0 Å². The summed E-state index contributed by atoms with van der Waals surface area (Å²) in [7, 11) is 2.91. The molecule has 0 fully saturated rings. The molecule has 0 heterocycles. The van der Waals surface area contributed by atoms with Gasteiger partial charge in [0.1, 0.15) is 0 Å². The third-order valence-corrected chi connectivity index (χ3v) is 3.74. The first kappa shape index (κ1) is 16.0. The van der Waals surface area contributed by atoms with Crippen molar-refractivity contribution < 1.29 is 0 Å². The van der Waals surface area contributed by atoms with Crippen LogP contribution in [0.4, 0.5) is 0 Å². The molecule has 0 aromatic heterocycles. The van der Waals surface area contributed by atoms with Crippen LogP contribution in [-0.4, -0.2) is 5.16 Å². The van der Waals surface area contributed by atoms with Gasteiger partial charge in [-0.3, -0.25) is 0 Å². The van der Waals surface area contributed by atoms with Crippen LogP contribution in [0.2, 0.25) is 0 Å². The van der Waals surface area contributed by atoms with Crippen molar-refractivity contribution in [3.05, 3.63) is 72.3 Å². The fourth-order valence-electron chi connectivity index (χ4n) is 2.47. The predicted octanol–water partition coefficient (Wildman–Crippen LogP) is 5.67. The first-order chi connectivity index (χ1) is 9.98. The molecule has 0 radical (unpaired) electrons. The first-order valence-electron chi connectivity index (χ1n) is 7.56. The summed E-state index contributed by atoms with van der Waals surface area (Å²) in [6.45, 7) is 8.26. The summed E-state index contributed by atoms with van der Waals surface area (Å²) in [5.74, 6) is 0. The molecule has 0 bridgehead atoms. The highest BCUT2D eigenvalue weighted by Gasteiger charge is 2.11. The second-order valence-corrected chi connectivity index (χ2v) is 7.95. The van der Waals surface area contributed by atoms with E-state index in [2.05, 4.69) is 78.2 Å². The molecule has 1 heteroatoms. The molecule has 0 spiro atoms. The molecule has 1 unspecified atom stereocenters. The van der Waals surface area contributed by atoms with Gasteiger partial charge in [0.15, 0.2) is 0 Å². The molecule has 2 aromatic rings. The predicted molar refractivity (Wildman–Crippen MR) is 97.9 cm³/mol. The fourth-order valence-corrected chi connectivity index (χ4v) is 2.71. The number of hydrogen-bond donors (Lipinski definition) is 0. The lowest BCUT2D eigenvalue weighted by Gasteiger charge is -2.18. The Bertz CT molecular complexity index is 571. The van der Waals surface area contributed by atoms with Gasteiger partial charge >= 0.3 is 0 Å². The Hall–Kier alpha value is -1.39. The number of rotatable bonds is 6. The van der Waals surface area contributed by atoms with Crippen LogP contribution in [0.3, 0.4) is 0 Å². The Morgan fingerprint density at radius 3 is 1.81 bits per heavy atom. The molecule has 1 atom stereocenters. The summed E-state index contributed by atoms with van der Waals surface area (Å²) in [6.07, 6.45) is 5.17. The average Bonchev–Trinajstić information content (AvgIpc) is 2.45. The van der Waals surface area contributed by atoms with E-state index in [0.717, 1.165) is 19.3 Å². The van der Waals surface area contributed by atoms with Gasteiger partial charge in [-0.05, 0) is 46.7 Å². The topological polar surface area (TPSA) is 0 Å². The van der Waals surface area contributed by atoms with Crippen LogP contribution in [-0.2, 0) is 12.8 Å². The summed E-state index contributed by atoms with van der Waals surface area (Å²) in [5, 5.41) is 0.258. The van der Waals surface area contributed by atoms with Gasteiger partial charge in [0.25, 0.3) is 0 Å². The van der Waals surface area contributed by atoms with Crippen LogP contribution in [0, 0.1) is 0 Å². The van der Waals surface area contributed by atoms with E-state index < -0.39 is 0 Å². The van der Waals surface area contributed by atoms with Gasteiger partial charge in [-0.25, -0.2) is 0 Å². The van der Waals surface area contributed by atoms with Gasteiger partial charge < -0.3 is 0 Å². The molecule has 0 saturated carbocycles. The maximum Gasteiger partial charge on any atom is -0.0166 e. The van der Waals surface area contributed by atoms with Crippen molar-refractivity contribution in [1.82, 2.24) is 0 Å². The Morgan fingerprint density at radius 2 is 1.38 bits per heavy atom. The summed E-state index contributed by atoms with van der Waals surface area (Å²) in [6, 6.07) is 17.8. The monoisotopic (exact) mass is 296 g/mol. The molecule has 0 N–H and O–H groups in total. The Labute approximate surface area is 131 Å². The van der Waals surface area contributed by atoms with Gasteiger partial charge in [-0.1, -0.05) is 68.5 Å². The number of allylic oxidation sites excluding steroid dienone is 1. The van der Waals surface area contributed by atoms with E-state index in [-0.39, 0.29) is 5.16 Å². The van der Waals surface area contributed by atoms with E-state index in [1.807, 2.05) is 6.08 Å². The maximum absolute atomic E-state index is 3.77. The van der Waals surface area contributed by atoms with Gasteiger partial charge in [0.05, 0.1) is 0 Å². The van der Waals surface area contributed by atoms with Crippen molar-refractivity contribution in [2.75, 3.05) is 0 Å². The normalized spacial score (nSPS) is 11.4. The van der Waals surface area contributed by atoms with Crippen LogP contribution in [0.25, 0.3) is 11.1 Å². The van der Waals surface area contributed by atoms with Crippen LogP contribution in [0.5, 0.6) is 0 Å². The third-order valence-electron chi connectivity index (χ3n) is 3.54. The highest BCUT2D eigenvalue weighted by molar-refractivity contribution is 7.18. The molecule has 2 aromatic carbocycles. The minimum atomic E-state index is 0.258. The second-order valence-electron chi connectivity index (χ2n) is 6.39. The van der Waals surface area contributed by atoms with Crippen LogP contribution >= 0.6 is 9.24 Å². The molecule has 0 nitrogen and oxygen atoms in total. The van der Waals surface area contributed by atoms with E-state index in [0.29, 0.717) is 0 Å². The molecule has 2 rings (SSSR count). The summed E-state index contributed by atoms with van der Waals surface area (Å²) in [4.78, 5) is 0. The zero-order valence-electron chi connectivity index (χ0n) is 13.1. The Balaban J connectivity index is 2.09. The lowest BCUT2D eigenvalue weighted by molar-refractivity contribution is 0.708. The molecular weight excluding hydrogens is 271 g/mol.